The number of halogens is 1. The molecule has 70 valence electrons. The van der Waals surface area contributed by atoms with E-state index in [0.717, 1.165) is 19.3 Å². The first-order chi connectivity index (χ1) is 5.72. The number of alkyl halides is 1. The van der Waals surface area contributed by atoms with Gasteiger partial charge in [-0.2, -0.15) is 0 Å². The topological polar surface area (TPSA) is 49.3 Å². The molecule has 0 aromatic carbocycles. The molecule has 12 heavy (non-hydrogen) atoms. The largest absolute Gasteiger partial charge is 0.396 e. The van der Waals surface area contributed by atoms with Crippen molar-refractivity contribution in [1.82, 2.24) is 5.32 Å². The molecule has 0 heterocycles. The van der Waals surface area contributed by atoms with E-state index in [0.29, 0.717) is 6.54 Å². The molecule has 0 spiro atoms. The van der Waals surface area contributed by atoms with Gasteiger partial charge in [-0.25, -0.2) is 0 Å². The van der Waals surface area contributed by atoms with Gasteiger partial charge in [0.2, 0.25) is 5.91 Å². The summed E-state index contributed by atoms with van der Waals surface area (Å²) in [6.07, 6.45) is 3.00. The van der Waals surface area contributed by atoms with Crippen molar-refractivity contribution in [2.45, 2.75) is 19.3 Å². The minimum Gasteiger partial charge on any atom is -0.396 e. The molecule has 0 bridgehead atoms. The van der Waals surface area contributed by atoms with Crippen LogP contribution in [-0.2, 0) is 4.79 Å². The molecule has 0 aromatic heterocycles. The SMILES string of the molecule is O=C(CCl)NCC1(CCO)CC1. The van der Waals surface area contributed by atoms with Crippen LogP contribution >= 0.6 is 11.6 Å². The number of carbonyl (C=O) groups excluding carboxylic acids is 1. The van der Waals surface area contributed by atoms with Crippen LogP contribution in [0.1, 0.15) is 19.3 Å². The molecular formula is C8H14ClNO2. The molecule has 1 rings (SSSR count). The molecule has 0 radical (unpaired) electrons. The Balaban J connectivity index is 2.17. The van der Waals surface area contributed by atoms with Crippen molar-refractivity contribution in [2.75, 3.05) is 19.0 Å². The van der Waals surface area contributed by atoms with Gasteiger partial charge in [0, 0.05) is 13.2 Å². The van der Waals surface area contributed by atoms with Crippen molar-refractivity contribution < 1.29 is 9.90 Å². The molecule has 3 nitrogen and oxygen atoms in total. The van der Waals surface area contributed by atoms with Crippen LogP contribution in [0, 0.1) is 5.41 Å². The van der Waals surface area contributed by atoms with Crippen LogP contribution in [0.15, 0.2) is 0 Å². The molecule has 4 heteroatoms. The smallest absolute Gasteiger partial charge is 0.234 e. The zero-order valence-electron chi connectivity index (χ0n) is 6.98. The fourth-order valence-electron chi connectivity index (χ4n) is 1.26. The number of hydrogen-bond donors (Lipinski definition) is 2. The summed E-state index contributed by atoms with van der Waals surface area (Å²) in [6.45, 7) is 0.871. The summed E-state index contributed by atoms with van der Waals surface area (Å²) >= 11 is 5.32. The lowest BCUT2D eigenvalue weighted by Crippen LogP contribution is -2.31. The zero-order chi connectivity index (χ0) is 9.03. The van der Waals surface area contributed by atoms with Crippen molar-refractivity contribution in [2.24, 2.45) is 5.41 Å². The second-order valence-corrected chi connectivity index (χ2v) is 3.65. The molecule has 1 aliphatic rings. The number of rotatable bonds is 5. The third-order valence-electron chi connectivity index (χ3n) is 2.38. The predicted octanol–water partition coefficient (Wildman–Crippen LogP) is 0.504. The first-order valence-electron chi connectivity index (χ1n) is 4.16. The number of aliphatic hydroxyl groups is 1. The molecule has 1 amide bonds. The average molecular weight is 192 g/mol. The molecular weight excluding hydrogens is 178 g/mol. The molecule has 1 aliphatic carbocycles. The Morgan fingerprint density at radius 2 is 2.25 bits per heavy atom. The molecule has 2 N–H and O–H groups in total. The van der Waals surface area contributed by atoms with Gasteiger partial charge in [0.15, 0.2) is 0 Å². The molecule has 1 fully saturated rings. The zero-order valence-corrected chi connectivity index (χ0v) is 7.73. The minimum absolute atomic E-state index is 0.0230. The van der Waals surface area contributed by atoms with Gasteiger partial charge in [-0.15, -0.1) is 11.6 Å². The minimum atomic E-state index is -0.124. The van der Waals surface area contributed by atoms with Crippen LogP contribution in [0.3, 0.4) is 0 Å². The van der Waals surface area contributed by atoms with E-state index in [-0.39, 0.29) is 23.8 Å². The Morgan fingerprint density at radius 3 is 2.67 bits per heavy atom. The quantitative estimate of drug-likeness (QED) is 0.622. The molecule has 0 atom stereocenters. The highest BCUT2D eigenvalue weighted by Gasteiger charge is 2.41. The van der Waals surface area contributed by atoms with E-state index in [1.807, 2.05) is 0 Å². The van der Waals surface area contributed by atoms with Crippen LogP contribution in [0.5, 0.6) is 0 Å². The lowest BCUT2D eigenvalue weighted by Gasteiger charge is -2.13. The summed E-state index contributed by atoms with van der Waals surface area (Å²) < 4.78 is 0. The lowest BCUT2D eigenvalue weighted by molar-refractivity contribution is -0.118. The van der Waals surface area contributed by atoms with Gasteiger partial charge in [0.1, 0.15) is 5.88 Å². The summed E-state index contributed by atoms with van der Waals surface area (Å²) in [4.78, 5) is 10.8. The van der Waals surface area contributed by atoms with Crippen LogP contribution < -0.4 is 5.32 Å². The Hall–Kier alpha value is -0.280. The molecule has 0 saturated heterocycles. The van der Waals surface area contributed by atoms with Crippen LogP contribution in [0.4, 0.5) is 0 Å². The Morgan fingerprint density at radius 1 is 1.58 bits per heavy atom. The Bertz CT molecular complexity index is 168. The number of hydrogen-bond acceptors (Lipinski definition) is 2. The third kappa shape index (κ3) is 2.64. The van der Waals surface area contributed by atoms with E-state index in [1.54, 1.807) is 0 Å². The van der Waals surface area contributed by atoms with Crippen LogP contribution in [0.2, 0.25) is 0 Å². The second-order valence-electron chi connectivity index (χ2n) is 3.38. The van der Waals surface area contributed by atoms with Crippen molar-refractivity contribution in [1.29, 1.82) is 0 Å². The highest BCUT2D eigenvalue weighted by molar-refractivity contribution is 6.27. The van der Waals surface area contributed by atoms with Crippen molar-refractivity contribution >= 4 is 17.5 Å². The van der Waals surface area contributed by atoms with Gasteiger partial charge in [-0.05, 0) is 24.7 Å². The van der Waals surface area contributed by atoms with Gasteiger partial charge in [-0.3, -0.25) is 4.79 Å². The Labute approximate surface area is 77.1 Å². The monoisotopic (exact) mass is 191 g/mol. The summed E-state index contributed by atoms with van der Waals surface area (Å²) in [5.74, 6) is -0.101. The van der Waals surface area contributed by atoms with Gasteiger partial charge < -0.3 is 10.4 Å². The van der Waals surface area contributed by atoms with E-state index >= 15 is 0 Å². The van der Waals surface area contributed by atoms with E-state index < -0.39 is 0 Å². The molecule has 0 aromatic rings. The maximum Gasteiger partial charge on any atom is 0.234 e. The van der Waals surface area contributed by atoms with Crippen LogP contribution in [-0.4, -0.2) is 30.0 Å². The van der Waals surface area contributed by atoms with Crippen molar-refractivity contribution in [3.05, 3.63) is 0 Å². The summed E-state index contributed by atoms with van der Waals surface area (Å²) in [6, 6.07) is 0. The lowest BCUT2D eigenvalue weighted by atomic mass is 10.0. The first kappa shape index (κ1) is 9.81. The van der Waals surface area contributed by atoms with Gasteiger partial charge in [-0.1, -0.05) is 0 Å². The van der Waals surface area contributed by atoms with Crippen molar-refractivity contribution in [3.63, 3.8) is 0 Å². The van der Waals surface area contributed by atoms with E-state index in [1.165, 1.54) is 0 Å². The highest BCUT2D eigenvalue weighted by atomic mass is 35.5. The van der Waals surface area contributed by atoms with Crippen molar-refractivity contribution in [3.8, 4) is 0 Å². The second kappa shape index (κ2) is 4.10. The molecule has 0 unspecified atom stereocenters. The van der Waals surface area contributed by atoms with E-state index in [2.05, 4.69) is 5.32 Å². The Kier molecular flexibility index (Phi) is 3.35. The first-order valence-corrected chi connectivity index (χ1v) is 4.69. The number of carbonyl (C=O) groups is 1. The standard InChI is InChI=1S/C8H14ClNO2/c9-5-7(12)10-6-8(1-2-8)3-4-11/h11H,1-6H2,(H,10,12). The van der Waals surface area contributed by atoms with Crippen LogP contribution in [0.25, 0.3) is 0 Å². The fraction of sp³-hybridized carbons (Fsp3) is 0.875. The molecule has 0 aliphatic heterocycles. The average Bonchev–Trinajstić information content (AvgIpc) is 2.82. The fourth-order valence-corrected chi connectivity index (χ4v) is 1.36. The predicted molar refractivity (Wildman–Crippen MR) is 47.1 cm³/mol. The number of nitrogens with one attached hydrogen (secondary N) is 1. The van der Waals surface area contributed by atoms with Gasteiger partial charge in [0.05, 0.1) is 0 Å². The summed E-state index contributed by atoms with van der Waals surface area (Å²) in [7, 11) is 0. The highest BCUT2D eigenvalue weighted by Crippen LogP contribution is 2.47. The third-order valence-corrected chi connectivity index (χ3v) is 2.62. The maximum atomic E-state index is 10.8. The summed E-state index contributed by atoms with van der Waals surface area (Å²) in [5, 5.41) is 11.5. The van der Waals surface area contributed by atoms with Gasteiger partial charge in [0.25, 0.3) is 0 Å². The number of amides is 1. The maximum absolute atomic E-state index is 10.8. The van der Waals surface area contributed by atoms with E-state index in [4.69, 9.17) is 16.7 Å². The number of aliphatic hydroxyl groups excluding tert-OH is 1. The summed E-state index contributed by atoms with van der Waals surface area (Å²) in [5.41, 5.74) is 0.191. The normalized spacial score (nSPS) is 18.8. The van der Waals surface area contributed by atoms with E-state index in [9.17, 15) is 4.79 Å². The van der Waals surface area contributed by atoms with Gasteiger partial charge >= 0.3 is 0 Å². The molecule has 1 saturated carbocycles.